The molecule has 0 atom stereocenters. The molecule has 2 heterocycles. The van der Waals surface area contributed by atoms with Crippen LogP contribution in [0.1, 0.15) is 58.9 Å². The molecule has 1 aromatic carbocycles. The summed E-state index contributed by atoms with van der Waals surface area (Å²) in [5.41, 5.74) is -0.265. The summed E-state index contributed by atoms with van der Waals surface area (Å²) in [5, 5.41) is 3.36. The summed E-state index contributed by atoms with van der Waals surface area (Å²) < 4.78 is 6.29. The van der Waals surface area contributed by atoms with E-state index in [1.54, 1.807) is 18.2 Å². The van der Waals surface area contributed by atoms with E-state index in [0.29, 0.717) is 64.6 Å². The van der Waals surface area contributed by atoms with Gasteiger partial charge in [0.2, 0.25) is 5.91 Å². The number of hydrogen-bond donors (Lipinski definition) is 1. The predicted octanol–water partition coefficient (Wildman–Crippen LogP) is 4.85. The maximum absolute atomic E-state index is 13.7. The predicted molar refractivity (Wildman–Crippen MR) is 113 cm³/mol. The third-order valence-electron chi connectivity index (χ3n) is 6.64. The highest BCUT2D eigenvalue weighted by Gasteiger charge is 2.63. The number of nitrogens with one attached hydrogen (secondary N) is 1. The van der Waals surface area contributed by atoms with Crippen molar-refractivity contribution in [3.8, 4) is 0 Å². The highest BCUT2D eigenvalue weighted by molar-refractivity contribution is 6.31. The molecule has 0 saturated carbocycles. The molecule has 1 amide bonds. The van der Waals surface area contributed by atoms with Crippen molar-refractivity contribution in [3.05, 3.63) is 51.4 Å². The lowest BCUT2D eigenvalue weighted by Gasteiger charge is -2.46. The highest BCUT2D eigenvalue weighted by Crippen LogP contribution is 2.59. The zero-order chi connectivity index (χ0) is 21.6. The van der Waals surface area contributed by atoms with Crippen molar-refractivity contribution >= 4 is 34.8 Å². The number of carbonyl (C=O) groups is 3. The van der Waals surface area contributed by atoms with Crippen LogP contribution in [0.5, 0.6) is 0 Å². The number of rotatable bonds is 0. The van der Waals surface area contributed by atoms with Gasteiger partial charge in [-0.2, -0.15) is 0 Å². The SMILES string of the molecule is CC1(C)CC(=O)C2=C(C1)OC1=C(C(=O)CC(C)(C)C1)C21C(=O)Nc2ccc(Cl)cc21. The smallest absolute Gasteiger partial charge is 0.244 e. The van der Waals surface area contributed by atoms with E-state index in [1.807, 2.05) is 27.7 Å². The number of fused-ring (bicyclic) bond motifs is 4. The largest absolute Gasteiger partial charge is 0.465 e. The van der Waals surface area contributed by atoms with Gasteiger partial charge in [0.15, 0.2) is 11.6 Å². The molecule has 0 unspecified atom stereocenters. The van der Waals surface area contributed by atoms with Crippen LogP contribution in [0, 0.1) is 10.8 Å². The van der Waals surface area contributed by atoms with Gasteiger partial charge in [-0.1, -0.05) is 39.3 Å². The van der Waals surface area contributed by atoms with E-state index in [4.69, 9.17) is 16.3 Å². The Morgan fingerprint density at radius 3 is 1.93 bits per heavy atom. The Morgan fingerprint density at radius 2 is 1.40 bits per heavy atom. The monoisotopic (exact) mass is 425 g/mol. The molecule has 1 aromatic rings. The molecule has 0 bridgehead atoms. The molecule has 1 N–H and O–H groups in total. The summed E-state index contributed by atoms with van der Waals surface area (Å²) in [6.07, 6.45) is 1.65. The topological polar surface area (TPSA) is 72.5 Å². The quantitative estimate of drug-likeness (QED) is 0.645. The lowest BCUT2D eigenvalue weighted by atomic mass is 9.58. The molecule has 4 aliphatic rings. The Balaban J connectivity index is 1.87. The van der Waals surface area contributed by atoms with Crippen LogP contribution in [0.4, 0.5) is 5.69 Å². The molecule has 156 valence electrons. The van der Waals surface area contributed by atoms with Crippen molar-refractivity contribution in [2.24, 2.45) is 10.8 Å². The van der Waals surface area contributed by atoms with E-state index in [1.165, 1.54) is 0 Å². The number of anilines is 1. The van der Waals surface area contributed by atoms with Crippen molar-refractivity contribution in [2.75, 3.05) is 5.32 Å². The first-order chi connectivity index (χ1) is 13.9. The fourth-order valence-corrected chi connectivity index (χ4v) is 5.76. The average molecular weight is 426 g/mol. The fourth-order valence-electron chi connectivity index (χ4n) is 5.58. The zero-order valence-corrected chi connectivity index (χ0v) is 18.3. The number of ketones is 2. The molecule has 5 nitrogen and oxygen atoms in total. The lowest BCUT2D eigenvalue weighted by molar-refractivity contribution is -0.127. The van der Waals surface area contributed by atoms with Crippen molar-refractivity contribution < 1.29 is 19.1 Å². The minimum absolute atomic E-state index is 0.145. The van der Waals surface area contributed by atoms with Gasteiger partial charge in [0.1, 0.15) is 16.9 Å². The molecule has 0 saturated heterocycles. The van der Waals surface area contributed by atoms with Crippen LogP contribution in [0.15, 0.2) is 40.9 Å². The van der Waals surface area contributed by atoms with Crippen molar-refractivity contribution in [2.45, 2.75) is 58.8 Å². The van der Waals surface area contributed by atoms with Crippen LogP contribution in [0.2, 0.25) is 5.02 Å². The number of ether oxygens (including phenoxy) is 1. The van der Waals surface area contributed by atoms with Crippen molar-refractivity contribution in [1.82, 2.24) is 0 Å². The van der Waals surface area contributed by atoms with Crippen LogP contribution in [0.25, 0.3) is 0 Å². The minimum atomic E-state index is -1.48. The van der Waals surface area contributed by atoms with E-state index in [-0.39, 0.29) is 28.3 Å². The molecule has 0 aromatic heterocycles. The zero-order valence-electron chi connectivity index (χ0n) is 17.6. The van der Waals surface area contributed by atoms with Gasteiger partial charge in [-0.25, -0.2) is 0 Å². The molecule has 0 radical (unpaired) electrons. The van der Waals surface area contributed by atoms with Gasteiger partial charge >= 0.3 is 0 Å². The van der Waals surface area contributed by atoms with E-state index in [2.05, 4.69) is 5.32 Å². The molecule has 0 fully saturated rings. The second-order valence-corrected chi connectivity index (χ2v) is 10.9. The third kappa shape index (κ3) is 2.51. The van der Waals surface area contributed by atoms with Gasteiger partial charge in [-0.05, 0) is 29.0 Å². The Morgan fingerprint density at radius 1 is 0.867 bits per heavy atom. The summed E-state index contributed by atoms with van der Waals surface area (Å²) in [4.78, 5) is 40.6. The third-order valence-corrected chi connectivity index (χ3v) is 6.88. The minimum Gasteiger partial charge on any atom is -0.465 e. The molecule has 30 heavy (non-hydrogen) atoms. The van der Waals surface area contributed by atoms with Gasteiger partial charge in [0.25, 0.3) is 0 Å². The van der Waals surface area contributed by atoms with E-state index in [0.717, 1.165) is 0 Å². The summed E-state index contributed by atoms with van der Waals surface area (Å²) in [6, 6.07) is 5.13. The standard InChI is InChI=1S/C24H24ClNO4/c1-22(2)8-15(27)19-17(10-22)30-18-11-23(3,4)9-16(28)20(18)24(19)13-7-12(25)5-6-14(13)26-21(24)29/h5-7H,8-11H2,1-4H3,(H,26,29). The Hall–Kier alpha value is -2.40. The molecule has 2 aliphatic heterocycles. The lowest BCUT2D eigenvalue weighted by Crippen LogP contribution is -2.51. The first kappa shape index (κ1) is 19.6. The van der Waals surface area contributed by atoms with Gasteiger partial charge in [0.05, 0.1) is 11.1 Å². The normalized spacial score (nSPS) is 25.6. The number of carbonyl (C=O) groups excluding carboxylic acids is 3. The number of allylic oxidation sites excluding steroid dienone is 2. The number of Topliss-reactive ketones (excluding diaryl/α,β-unsaturated/α-hetero) is 2. The maximum atomic E-state index is 13.7. The first-order valence-electron chi connectivity index (χ1n) is 10.3. The Labute approximate surface area is 180 Å². The molecular weight excluding hydrogens is 402 g/mol. The second kappa shape index (κ2) is 5.85. The van der Waals surface area contributed by atoms with Gasteiger partial charge in [-0.15, -0.1) is 0 Å². The van der Waals surface area contributed by atoms with E-state index in [9.17, 15) is 14.4 Å². The van der Waals surface area contributed by atoms with Crippen molar-refractivity contribution in [1.29, 1.82) is 0 Å². The summed E-state index contributed by atoms with van der Waals surface area (Å²) in [7, 11) is 0. The van der Waals surface area contributed by atoms with E-state index >= 15 is 0 Å². The van der Waals surface area contributed by atoms with Gasteiger partial charge < -0.3 is 10.1 Å². The second-order valence-electron chi connectivity index (χ2n) is 10.5. The van der Waals surface area contributed by atoms with Crippen molar-refractivity contribution in [3.63, 3.8) is 0 Å². The summed E-state index contributed by atoms with van der Waals surface area (Å²) in [5.74, 6) is 0.373. The van der Waals surface area contributed by atoms with Crippen LogP contribution < -0.4 is 5.32 Å². The van der Waals surface area contributed by atoms with Crippen LogP contribution >= 0.6 is 11.6 Å². The number of halogens is 1. The Bertz CT molecular complexity index is 1070. The number of benzene rings is 1. The number of amides is 1. The molecule has 6 heteroatoms. The molecule has 5 rings (SSSR count). The Kier molecular flexibility index (Phi) is 3.81. The maximum Gasteiger partial charge on any atom is 0.244 e. The highest BCUT2D eigenvalue weighted by atomic mass is 35.5. The number of hydrogen-bond acceptors (Lipinski definition) is 4. The summed E-state index contributed by atoms with van der Waals surface area (Å²) in [6.45, 7) is 8.07. The molecule has 2 aliphatic carbocycles. The molecule has 1 spiro atoms. The summed E-state index contributed by atoms with van der Waals surface area (Å²) >= 11 is 6.31. The van der Waals surface area contributed by atoms with E-state index < -0.39 is 5.41 Å². The van der Waals surface area contributed by atoms with Crippen LogP contribution in [-0.2, 0) is 24.5 Å². The fraction of sp³-hybridized carbons (Fsp3) is 0.458. The van der Waals surface area contributed by atoms with Gasteiger partial charge in [0, 0.05) is 42.0 Å². The van der Waals surface area contributed by atoms with Crippen LogP contribution in [0.3, 0.4) is 0 Å². The van der Waals surface area contributed by atoms with Gasteiger partial charge in [-0.3, -0.25) is 14.4 Å². The average Bonchev–Trinajstić information content (AvgIpc) is 2.84. The first-order valence-corrected chi connectivity index (χ1v) is 10.7. The molecular formula is C24H24ClNO4. The van der Waals surface area contributed by atoms with Crippen LogP contribution in [-0.4, -0.2) is 17.5 Å².